The van der Waals surface area contributed by atoms with Crippen molar-refractivity contribution in [1.29, 1.82) is 0 Å². The fourth-order valence-corrected chi connectivity index (χ4v) is 3.31. The van der Waals surface area contributed by atoms with Crippen LogP contribution in [0.15, 0.2) is 30.0 Å². The van der Waals surface area contributed by atoms with Gasteiger partial charge >= 0.3 is 0 Å². The summed E-state index contributed by atoms with van der Waals surface area (Å²) in [6.45, 7) is 0.910. The van der Waals surface area contributed by atoms with Crippen molar-refractivity contribution < 1.29 is 14.3 Å². The van der Waals surface area contributed by atoms with Gasteiger partial charge < -0.3 is 14.8 Å². The van der Waals surface area contributed by atoms with Crippen LogP contribution in [0.1, 0.15) is 24.8 Å². The highest BCUT2D eigenvalue weighted by Crippen LogP contribution is 2.46. The summed E-state index contributed by atoms with van der Waals surface area (Å²) in [6.07, 6.45) is 4.26. The molecule has 0 unspecified atom stereocenters. The summed E-state index contributed by atoms with van der Waals surface area (Å²) < 4.78 is 10.7. The second kappa shape index (κ2) is 4.85. The number of hydrogen-bond donors (Lipinski definition) is 1. The van der Waals surface area contributed by atoms with Crippen molar-refractivity contribution in [1.82, 2.24) is 5.32 Å². The molecule has 1 N–H and O–H groups in total. The van der Waals surface area contributed by atoms with Crippen LogP contribution >= 0.6 is 0 Å². The zero-order valence-electron chi connectivity index (χ0n) is 11.9. The number of fused-ring (bicyclic) bond motifs is 1. The Hall–Kier alpha value is -1.97. The quantitative estimate of drug-likeness (QED) is 0.917. The minimum absolute atomic E-state index is 0.0620. The number of hydrogen-bond acceptors (Lipinski definition) is 4. The predicted molar refractivity (Wildman–Crippen MR) is 76.2 cm³/mol. The molecule has 0 spiro atoms. The topological polar surface area (TPSA) is 47.6 Å². The summed E-state index contributed by atoms with van der Waals surface area (Å²) in [5, 5.41) is 3.36. The van der Waals surface area contributed by atoms with Crippen molar-refractivity contribution in [2.45, 2.75) is 24.7 Å². The number of ether oxygens (including phenoxy) is 2. The first-order valence-corrected chi connectivity index (χ1v) is 6.91. The molecule has 0 bridgehead atoms. The van der Waals surface area contributed by atoms with E-state index in [1.807, 2.05) is 12.1 Å². The molecule has 4 nitrogen and oxygen atoms in total. The molecule has 0 saturated carbocycles. The number of carbonyl (C=O) groups is 1. The van der Waals surface area contributed by atoms with E-state index in [9.17, 15) is 4.79 Å². The predicted octanol–water partition coefficient (Wildman–Crippen LogP) is 2.18. The molecule has 1 aromatic carbocycles. The highest BCUT2D eigenvalue weighted by Gasteiger charge is 2.43. The van der Waals surface area contributed by atoms with E-state index in [0.717, 1.165) is 36.6 Å². The molecule has 0 aromatic heterocycles. The number of carbonyl (C=O) groups excluding carboxylic acids is 1. The monoisotopic (exact) mass is 273 g/mol. The highest BCUT2D eigenvalue weighted by molar-refractivity contribution is 5.92. The molecule has 0 amide bonds. The van der Waals surface area contributed by atoms with Gasteiger partial charge in [0, 0.05) is 30.2 Å². The Morgan fingerprint density at radius 2 is 1.95 bits per heavy atom. The van der Waals surface area contributed by atoms with Gasteiger partial charge in [-0.2, -0.15) is 0 Å². The summed E-state index contributed by atoms with van der Waals surface area (Å²) in [6, 6.07) is 6.06. The van der Waals surface area contributed by atoms with E-state index in [4.69, 9.17) is 9.47 Å². The maximum atomic E-state index is 11.6. The summed E-state index contributed by atoms with van der Waals surface area (Å²) in [4.78, 5) is 11.6. The molecule has 1 aliphatic carbocycles. The molecule has 1 heterocycles. The van der Waals surface area contributed by atoms with Crippen LogP contribution in [0.4, 0.5) is 0 Å². The van der Waals surface area contributed by atoms with Gasteiger partial charge in [-0.25, -0.2) is 0 Å². The summed E-state index contributed by atoms with van der Waals surface area (Å²) in [5.74, 6) is 1.68. The summed E-state index contributed by atoms with van der Waals surface area (Å²) >= 11 is 0. The number of allylic oxidation sites excluding steroid dienone is 2. The lowest BCUT2D eigenvalue weighted by Crippen LogP contribution is -2.31. The first-order chi connectivity index (χ1) is 9.69. The van der Waals surface area contributed by atoms with Crippen LogP contribution in [0.3, 0.4) is 0 Å². The minimum atomic E-state index is -0.0620. The summed E-state index contributed by atoms with van der Waals surface area (Å²) in [7, 11) is 3.28. The van der Waals surface area contributed by atoms with E-state index >= 15 is 0 Å². The third-order valence-electron chi connectivity index (χ3n) is 4.42. The van der Waals surface area contributed by atoms with E-state index in [1.54, 1.807) is 20.3 Å². The molecule has 0 radical (unpaired) electrons. The average Bonchev–Trinajstić information content (AvgIpc) is 2.90. The van der Waals surface area contributed by atoms with Crippen LogP contribution in [-0.4, -0.2) is 26.5 Å². The lowest BCUT2D eigenvalue weighted by Gasteiger charge is -2.33. The third-order valence-corrected chi connectivity index (χ3v) is 4.42. The van der Waals surface area contributed by atoms with E-state index in [0.29, 0.717) is 6.42 Å². The van der Waals surface area contributed by atoms with Gasteiger partial charge in [-0.15, -0.1) is 0 Å². The maximum absolute atomic E-state index is 11.6. The number of ketones is 1. The van der Waals surface area contributed by atoms with Crippen molar-refractivity contribution in [3.8, 4) is 11.5 Å². The van der Waals surface area contributed by atoms with Crippen molar-refractivity contribution in [2.75, 3.05) is 20.8 Å². The number of methoxy groups -OCH3 is 2. The van der Waals surface area contributed by atoms with Gasteiger partial charge in [-0.3, -0.25) is 4.79 Å². The average molecular weight is 273 g/mol. The van der Waals surface area contributed by atoms with Crippen LogP contribution in [0, 0.1) is 0 Å². The molecular weight excluding hydrogens is 254 g/mol. The molecule has 1 aromatic rings. The first kappa shape index (κ1) is 13.0. The lowest BCUT2D eigenvalue weighted by atomic mass is 9.70. The van der Waals surface area contributed by atoms with Crippen LogP contribution in [-0.2, 0) is 10.2 Å². The smallest absolute Gasteiger partial charge is 0.161 e. The minimum Gasteiger partial charge on any atom is -0.493 e. The van der Waals surface area contributed by atoms with Crippen LogP contribution in [0.5, 0.6) is 11.5 Å². The van der Waals surface area contributed by atoms with Crippen LogP contribution in [0.2, 0.25) is 0 Å². The Balaban J connectivity index is 2.07. The zero-order chi connectivity index (χ0) is 14.2. The molecular formula is C16H19NO3. The van der Waals surface area contributed by atoms with Gasteiger partial charge in [-0.05, 0) is 30.5 Å². The molecule has 1 aliphatic heterocycles. The fraction of sp³-hybridized carbons (Fsp3) is 0.438. The Bertz CT molecular complexity index is 579. The lowest BCUT2D eigenvalue weighted by molar-refractivity contribution is -0.115. The van der Waals surface area contributed by atoms with E-state index in [1.165, 1.54) is 5.56 Å². The molecule has 1 saturated heterocycles. The van der Waals surface area contributed by atoms with Gasteiger partial charge in [0.25, 0.3) is 0 Å². The molecule has 1 fully saturated rings. The standard InChI is InChI=1S/C16H19NO3/c1-19-13-4-3-11(9-14(13)20-2)16-6-5-12(18)10-15(16)17-8-7-16/h3-4,9-10,17H,5-8H2,1-2H3/t16-/m1/s1. The number of nitrogens with one attached hydrogen (secondary N) is 1. The Labute approximate surface area is 118 Å². The van der Waals surface area contributed by atoms with E-state index in [2.05, 4.69) is 11.4 Å². The Kier molecular flexibility index (Phi) is 3.16. The van der Waals surface area contributed by atoms with Crippen LogP contribution < -0.4 is 14.8 Å². The number of benzene rings is 1. The summed E-state index contributed by atoms with van der Waals surface area (Å²) in [5.41, 5.74) is 2.19. The second-order valence-electron chi connectivity index (χ2n) is 5.35. The Morgan fingerprint density at radius 1 is 1.15 bits per heavy atom. The maximum Gasteiger partial charge on any atom is 0.161 e. The molecule has 2 aliphatic rings. The van der Waals surface area contributed by atoms with Gasteiger partial charge in [0.15, 0.2) is 17.3 Å². The Morgan fingerprint density at radius 3 is 2.70 bits per heavy atom. The van der Waals surface area contributed by atoms with Crippen molar-refractivity contribution in [3.63, 3.8) is 0 Å². The third kappa shape index (κ3) is 1.87. The van der Waals surface area contributed by atoms with Crippen molar-refractivity contribution in [3.05, 3.63) is 35.5 Å². The van der Waals surface area contributed by atoms with Crippen LogP contribution in [0.25, 0.3) is 0 Å². The molecule has 20 heavy (non-hydrogen) atoms. The van der Waals surface area contributed by atoms with Crippen molar-refractivity contribution >= 4 is 5.78 Å². The normalized spacial score (nSPS) is 24.7. The van der Waals surface area contributed by atoms with Gasteiger partial charge in [0.2, 0.25) is 0 Å². The molecule has 1 atom stereocenters. The van der Waals surface area contributed by atoms with Gasteiger partial charge in [-0.1, -0.05) is 6.07 Å². The fourth-order valence-electron chi connectivity index (χ4n) is 3.31. The molecule has 3 rings (SSSR count). The second-order valence-corrected chi connectivity index (χ2v) is 5.35. The molecule has 4 heteroatoms. The zero-order valence-corrected chi connectivity index (χ0v) is 11.9. The van der Waals surface area contributed by atoms with E-state index < -0.39 is 0 Å². The SMILES string of the molecule is COc1ccc([C@@]23CCNC2=CC(=O)CC3)cc1OC. The van der Waals surface area contributed by atoms with E-state index in [-0.39, 0.29) is 11.2 Å². The van der Waals surface area contributed by atoms with Crippen molar-refractivity contribution in [2.24, 2.45) is 0 Å². The van der Waals surface area contributed by atoms with Gasteiger partial charge in [0.05, 0.1) is 14.2 Å². The largest absolute Gasteiger partial charge is 0.493 e. The number of rotatable bonds is 3. The first-order valence-electron chi connectivity index (χ1n) is 6.91. The van der Waals surface area contributed by atoms with Gasteiger partial charge in [0.1, 0.15) is 0 Å². The highest BCUT2D eigenvalue weighted by atomic mass is 16.5. The molecule has 106 valence electrons.